The zero-order valence-corrected chi connectivity index (χ0v) is 32.4. The molecule has 1 fully saturated rings. The van der Waals surface area contributed by atoms with Crippen molar-refractivity contribution in [2.24, 2.45) is 11.8 Å². The molecule has 7 rings (SSSR count). The molecular weight excluding hydrogens is 727 g/mol. The predicted octanol–water partition coefficient (Wildman–Crippen LogP) is 4.99. The van der Waals surface area contributed by atoms with E-state index in [4.69, 9.17) is 9.47 Å². The summed E-state index contributed by atoms with van der Waals surface area (Å²) in [5.41, 5.74) is 2.02. The van der Waals surface area contributed by atoms with E-state index in [0.29, 0.717) is 47.9 Å². The number of ketones is 1. The van der Waals surface area contributed by atoms with Gasteiger partial charge in [0.05, 0.1) is 24.5 Å². The van der Waals surface area contributed by atoms with Gasteiger partial charge < -0.3 is 40.3 Å². The Morgan fingerprint density at radius 1 is 0.947 bits per heavy atom. The molecule has 300 valence electrons. The minimum absolute atomic E-state index is 0.0768. The van der Waals surface area contributed by atoms with E-state index >= 15 is 0 Å². The second-order valence-electron chi connectivity index (χ2n) is 16.2. The lowest BCUT2D eigenvalue weighted by Gasteiger charge is -2.45. The number of phenolic OH excluding ortho intramolecular Hbond substituents is 2. The Kier molecular flexibility index (Phi) is 11.9. The summed E-state index contributed by atoms with van der Waals surface area (Å²) in [5.74, 6) is 2.83. The smallest absolute Gasteiger partial charge is 0.334 e. The quantitative estimate of drug-likeness (QED) is 0.113. The average Bonchev–Trinajstić information content (AvgIpc) is 3.17. The van der Waals surface area contributed by atoms with E-state index in [-0.39, 0.29) is 79.6 Å². The van der Waals surface area contributed by atoms with Crippen LogP contribution in [0.25, 0.3) is 0 Å². The first-order valence-electron chi connectivity index (χ1n) is 20.0. The van der Waals surface area contributed by atoms with Crippen LogP contribution in [0.2, 0.25) is 0 Å². The van der Waals surface area contributed by atoms with Crippen LogP contribution in [0.4, 0.5) is 0 Å². The second-order valence-corrected chi connectivity index (χ2v) is 16.2. The van der Waals surface area contributed by atoms with E-state index in [2.05, 4.69) is 17.2 Å². The standard InChI is InChI=1S/C46H51NO10/c1-3-11-46(55)35-9-10-39(50)31(17-35)13-26-5-4-6-27(12-26)14-36(48)20-34-15-28(30-16-32(19-37(49)18-30)41(52)25-47-2)7-8-29-23-44(53)56-42-24-40(51)33(21-38(29)42)22-43(46)57-45(34)54/h4-6,12,16,18-21,24,28-29,31,35-36,41,43,47-49,51-52,55H,3,9-11,13-15,17,22-23,25H2,1-2H3/b34-20-/t28-,29+,31+,35+,36-,41-,43+,46-/m0/s1. The Morgan fingerprint density at radius 3 is 2.49 bits per heavy atom. The zero-order valence-electron chi connectivity index (χ0n) is 32.4. The Bertz CT molecular complexity index is 2130. The van der Waals surface area contributed by atoms with Crippen molar-refractivity contribution < 1.29 is 49.4 Å². The zero-order chi connectivity index (χ0) is 40.4. The number of nitrogens with one attached hydrogen (secondary N) is 1. The van der Waals surface area contributed by atoms with Crippen molar-refractivity contribution in [1.29, 1.82) is 0 Å². The molecule has 1 saturated carbocycles. The molecule has 8 bridgehead atoms. The van der Waals surface area contributed by atoms with Crippen LogP contribution in [0.5, 0.6) is 17.2 Å². The lowest BCUT2D eigenvalue weighted by molar-refractivity contribution is -0.176. The highest BCUT2D eigenvalue weighted by atomic mass is 16.6. The van der Waals surface area contributed by atoms with E-state index in [1.54, 1.807) is 19.2 Å². The van der Waals surface area contributed by atoms with Crippen molar-refractivity contribution in [1.82, 2.24) is 5.32 Å². The maximum atomic E-state index is 14.8. The van der Waals surface area contributed by atoms with Crippen LogP contribution in [-0.4, -0.2) is 74.7 Å². The minimum atomic E-state index is -1.62. The van der Waals surface area contributed by atoms with Gasteiger partial charge in [0.2, 0.25) is 0 Å². The third kappa shape index (κ3) is 8.80. The summed E-state index contributed by atoms with van der Waals surface area (Å²) < 4.78 is 12.0. The molecule has 3 heterocycles. The number of aliphatic hydroxyl groups excluding tert-OH is 2. The Morgan fingerprint density at radius 2 is 1.72 bits per heavy atom. The number of carbonyl (C=O) groups excluding carboxylic acids is 3. The number of likely N-dealkylation sites (N-methyl/N-ethyl adjacent to an activating group) is 1. The number of Topliss-reactive ketones (excluding diaryl/α,β-unsaturated/α-hetero) is 1. The van der Waals surface area contributed by atoms with E-state index in [0.717, 1.165) is 11.1 Å². The van der Waals surface area contributed by atoms with Crippen LogP contribution in [0, 0.1) is 23.7 Å². The molecule has 3 aliphatic heterocycles. The molecule has 11 heteroatoms. The molecule has 0 unspecified atom stereocenters. The largest absolute Gasteiger partial charge is 0.508 e. The normalized spacial score (nSPS) is 29.0. The first-order valence-corrected chi connectivity index (χ1v) is 20.0. The monoisotopic (exact) mass is 777 g/mol. The Hall–Kier alpha value is -4.99. The summed E-state index contributed by atoms with van der Waals surface area (Å²) in [6.07, 6.45) is 0.283. The number of rotatable bonds is 6. The molecule has 3 aromatic rings. The predicted molar refractivity (Wildman–Crippen MR) is 210 cm³/mol. The van der Waals surface area contributed by atoms with Crippen molar-refractivity contribution in [3.8, 4) is 29.1 Å². The summed E-state index contributed by atoms with van der Waals surface area (Å²) in [6, 6.07) is 15.4. The maximum absolute atomic E-state index is 14.8. The fourth-order valence-electron chi connectivity index (χ4n) is 9.20. The highest BCUT2D eigenvalue weighted by molar-refractivity contribution is 5.89. The number of hydrogen-bond donors (Lipinski definition) is 6. The molecular formula is C46H51NO10. The lowest BCUT2D eigenvalue weighted by atomic mass is 9.66. The molecule has 0 radical (unpaired) electrons. The Labute approximate surface area is 332 Å². The number of fused-ring (bicyclic) bond motifs is 8. The number of benzene rings is 3. The molecule has 1 aliphatic carbocycles. The highest BCUT2D eigenvalue weighted by Crippen LogP contribution is 2.45. The SMILES string of the molecule is CCC[C@]1(O)[C@@H]2CCC(=O)[C@H](Cc3cccc(c3)C[C@H](O)/C=C3/C[C@@H](c4cc(O)cc([C@@H](O)CNC)c4)C#C[C@@H]4CC(=O)Oc5cc(O)c(cc54)C[C@H]1OC3=O)C2. The summed E-state index contributed by atoms with van der Waals surface area (Å²) >= 11 is 0. The number of carbonyl (C=O) groups is 3. The van der Waals surface area contributed by atoms with Gasteiger partial charge >= 0.3 is 11.9 Å². The molecule has 57 heavy (non-hydrogen) atoms. The molecule has 6 N–H and O–H groups in total. The van der Waals surface area contributed by atoms with Crippen molar-refractivity contribution in [2.75, 3.05) is 13.6 Å². The van der Waals surface area contributed by atoms with Gasteiger partial charge in [0.1, 0.15) is 34.7 Å². The van der Waals surface area contributed by atoms with Gasteiger partial charge in [0, 0.05) is 54.8 Å². The van der Waals surface area contributed by atoms with Crippen LogP contribution in [-0.2, 0) is 38.4 Å². The molecule has 8 atom stereocenters. The average molecular weight is 778 g/mol. The van der Waals surface area contributed by atoms with Gasteiger partial charge in [0.15, 0.2) is 0 Å². The van der Waals surface area contributed by atoms with Gasteiger partial charge in [0.25, 0.3) is 0 Å². The van der Waals surface area contributed by atoms with E-state index in [1.165, 1.54) is 24.3 Å². The molecule has 0 saturated heterocycles. The van der Waals surface area contributed by atoms with Crippen molar-refractivity contribution >= 4 is 17.7 Å². The van der Waals surface area contributed by atoms with Crippen LogP contribution < -0.4 is 10.1 Å². The third-order valence-electron chi connectivity index (χ3n) is 12.1. The second kappa shape index (κ2) is 16.9. The van der Waals surface area contributed by atoms with Gasteiger partial charge in [-0.25, -0.2) is 4.79 Å². The van der Waals surface area contributed by atoms with Crippen molar-refractivity contribution in [3.05, 3.63) is 99.6 Å². The van der Waals surface area contributed by atoms with Crippen LogP contribution >= 0.6 is 0 Å². The van der Waals surface area contributed by atoms with Gasteiger partial charge in [-0.1, -0.05) is 55.5 Å². The number of aliphatic hydroxyl groups is 3. The number of hydrogen-bond acceptors (Lipinski definition) is 11. The van der Waals surface area contributed by atoms with Crippen molar-refractivity contribution in [2.45, 2.75) is 107 Å². The fraction of sp³-hybridized carbons (Fsp3) is 0.457. The van der Waals surface area contributed by atoms with Gasteiger partial charge in [-0.05, 0) is 97.2 Å². The van der Waals surface area contributed by atoms with Gasteiger partial charge in [-0.3, -0.25) is 9.59 Å². The molecule has 0 amide bonds. The van der Waals surface area contributed by atoms with E-state index in [9.17, 15) is 39.9 Å². The molecule has 11 nitrogen and oxygen atoms in total. The number of phenols is 2. The van der Waals surface area contributed by atoms with Crippen LogP contribution in [0.3, 0.4) is 0 Å². The number of esters is 2. The topological polar surface area (TPSA) is 183 Å². The highest BCUT2D eigenvalue weighted by Gasteiger charge is 2.49. The molecule has 0 spiro atoms. The minimum Gasteiger partial charge on any atom is -0.508 e. The third-order valence-corrected chi connectivity index (χ3v) is 12.1. The Balaban J connectivity index is 1.44. The van der Waals surface area contributed by atoms with E-state index in [1.807, 2.05) is 31.2 Å². The van der Waals surface area contributed by atoms with Gasteiger partial charge in [-0.15, -0.1) is 0 Å². The first-order chi connectivity index (χ1) is 27.3. The molecule has 4 aliphatic rings. The number of ether oxygens (including phenoxy) is 2. The summed E-state index contributed by atoms with van der Waals surface area (Å²) in [5, 5.41) is 60.7. The van der Waals surface area contributed by atoms with Crippen LogP contribution in [0.1, 0.15) is 103 Å². The summed E-state index contributed by atoms with van der Waals surface area (Å²) in [4.78, 5) is 41.1. The summed E-state index contributed by atoms with van der Waals surface area (Å²) in [7, 11) is 1.70. The van der Waals surface area contributed by atoms with E-state index < -0.39 is 53.6 Å². The van der Waals surface area contributed by atoms with Crippen LogP contribution in [0.15, 0.2) is 66.2 Å². The first kappa shape index (κ1) is 40.2. The lowest BCUT2D eigenvalue weighted by Crippen LogP contribution is -2.54. The van der Waals surface area contributed by atoms with Gasteiger partial charge in [-0.2, -0.15) is 0 Å². The van der Waals surface area contributed by atoms with Crippen molar-refractivity contribution in [3.63, 3.8) is 0 Å². The molecule has 3 aromatic carbocycles. The molecule has 0 aromatic heterocycles. The summed E-state index contributed by atoms with van der Waals surface area (Å²) in [6.45, 7) is 2.14. The maximum Gasteiger partial charge on any atom is 0.334 e. The fourth-order valence-corrected chi connectivity index (χ4v) is 9.20. The number of aromatic hydroxyl groups is 2.